The highest BCUT2D eigenvalue weighted by Gasteiger charge is 2.29. The molecule has 2 nitrogen and oxygen atoms in total. The van der Waals surface area contributed by atoms with Crippen molar-refractivity contribution in [2.45, 2.75) is 46.2 Å². The molecule has 19 heavy (non-hydrogen) atoms. The minimum Gasteiger partial charge on any atom is -0.369 e. The molecule has 2 rings (SSSR count). The maximum Gasteiger partial charge on any atom is 0.0415 e. The van der Waals surface area contributed by atoms with Crippen molar-refractivity contribution in [3.05, 3.63) is 28.2 Å². The van der Waals surface area contributed by atoms with Crippen molar-refractivity contribution in [1.82, 2.24) is 5.32 Å². The second-order valence-corrected chi connectivity index (χ2v) is 6.73. The Morgan fingerprint density at radius 2 is 2.11 bits per heavy atom. The molecule has 1 aliphatic rings. The first-order valence-electron chi connectivity index (χ1n) is 7.37. The van der Waals surface area contributed by atoms with Crippen molar-refractivity contribution in [2.75, 3.05) is 18.0 Å². The van der Waals surface area contributed by atoms with Gasteiger partial charge in [0.15, 0.2) is 0 Å². The van der Waals surface area contributed by atoms with Crippen molar-refractivity contribution in [1.29, 1.82) is 0 Å². The third-order valence-electron chi connectivity index (χ3n) is 3.55. The molecule has 0 aromatic heterocycles. The Bertz CT molecular complexity index is 413. The molecular formula is C16H25BrN2. The molecule has 3 heteroatoms. The highest BCUT2D eigenvalue weighted by Crippen LogP contribution is 2.34. The molecule has 0 saturated heterocycles. The first-order chi connectivity index (χ1) is 9.11. The van der Waals surface area contributed by atoms with E-state index in [4.69, 9.17) is 0 Å². The van der Waals surface area contributed by atoms with Crippen molar-refractivity contribution < 1.29 is 0 Å². The predicted octanol–water partition coefficient (Wildman–Crippen LogP) is 4.18. The van der Waals surface area contributed by atoms with Crippen LogP contribution in [0.4, 0.5) is 5.69 Å². The number of hydrogen-bond donors (Lipinski definition) is 1. The van der Waals surface area contributed by atoms with Gasteiger partial charge in [0.25, 0.3) is 0 Å². The summed E-state index contributed by atoms with van der Waals surface area (Å²) in [5.41, 5.74) is 2.81. The number of nitrogens with zero attached hydrogens (tertiary/aromatic N) is 1. The summed E-state index contributed by atoms with van der Waals surface area (Å²) >= 11 is 3.59. The summed E-state index contributed by atoms with van der Waals surface area (Å²) in [6.07, 6.45) is 2.70. The molecule has 1 aromatic rings. The smallest absolute Gasteiger partial charge is 0.0415 e. The summed E-state index contributed by atoms with van der Waals surface area (Å²) < 4.78 is 1.17. The molecule has 0 bridgehead atoms. The fourth-order valence-electron chi connectivity index (χ4n) is 2.48. The van der Waals surface area contributed by atoms with Gasteiger partial charge < -0.3 is 10.2 Å². The van der Waals surface area contributed by atoms with Gasteiger partial charge in [-0.15, -0.1) is 0 Å². The van der Waals surface area contributed by atoms with Crippen LogP contribution in [0.1, 0.15) is 39.2 Å². The first kappa shape index (κ1) is 14.9. The van der Waals surface area contributed by atoms with Crippen LogP contribution in [0.15, 0.2) is 22.7 Å². The number of benzene rings is 1. The van der Waals surface area contributed by atoms with Gasteiger partial charge in [-0.3, -0.25) is 0 Å². The van der Waals surface area contributed by atoms with E-state index in [1.54, 1.807) is 0 Å². The van der Waals surface area contributed by atoms with E-state index in [-0.39, 0.29) is 0 Å². The van der Waals surface area contributed by atoms with Crippen LogP contribution in [0.5, 0.6) is 0 Å². The van der Waals surface area contributed by atoms with Gasteiger partial charge in [-0.2, -0.15) is 0 Å². The molecule has 1 N–H and O–H groups in total. The van der Waals surface area contributed by atoms with Gasteiger partial charge in [0.05, 0.1) is 0 Å². The third kappa shape index (κ3) is 4.22. The summed E-state index contributed by atoms with van der Waals surface area (Å²) in [5.74, 6) is 0.696. The third-order valence-corrected chi connectivity index (χ3v) is 4.04. The highest BCUT2D eigenvalue weighted by atomic mass is 79.9. The van der Waals surface area contributed by atoms with Gasteiger partial charge >= 0.3 is 0 Å². The van der Waals surface area contributed by atoms with E-state index < -0.39 is 0 Å². The lowest BCUT2D eigenvalue weighted by atomic mass is 10.1. The maximum absolute atomic E-state index is 3.59. The Morgan fingerprint density at radius 1 is 1.37 bits per heavy atom. The number of rotatable bonds is 7. The molecule has 0 unspecified atom stereocenters. The molecule has 1 saturated carbocycles. The molecule has 0 radical (unpaired) electrons. The lowest BCUT2D eigenvalue weighted by Crippen LogP contribution is -2.27. The van der Waals surface area contributed by atoms with E-state index >= 15 is 0 Å². The minimum atomic E-state index is 0.696. The summed E-state index contributed by atoms with van der Waals surface area (Å²) in [6.45, 7) is 9.88. The van der Waals surface area contributed by atoms with E-state index in [0.29, 0.717) is 5.92 Å². The Balaban J connectivity index is 2.12. The number of nitrogens with one attached hydrogen (secondary N) is 1. The summed E-state index contributed by atoms with van der Waals surface area (Å²) in [6, 6.07) is 7.45. The van der Waals surface area contributed by atoms with E-state index in [1.807, 2.05) is 0 Å². The monoisotopic (exact) mass is 324 g/mol. The SMILES string of the molecule is CCN(c1ccc(Br)cc1CNCC(C)C)C1CC1. The van der Waals surface area contributed by atoms with Gasteiger partial charge in [-0.1, -0.05) is 29.8 Å². The molecule has 1 aromatic carbocycles. The molecule has 0 heterocycles. The van der Waals surface area contributed by atoms with Crippen LogP contribution in [0.3, 0.4) is 0 Å². The van der Waals surface area contributed by atoms with Crippen LogP contribution < -0.4 is 10.2 Å². The van der Waals surface area contributed by atoms with Gasteiger partial charge in [0, 0.05) is 29.3 Å². The zero-order chi connectivity index (χ0) is 13.8. The molecule has 0 atom stereocenters. The fraction of sp³-hybridized carbons (Fsp3) is 0.625. The maximum atomic E-state index is 3.59. The molecule has 0 aliphatic heterocycles. The van der Waals surface area contributed by atoms with Crippen LogP contribution in [0.2, 0.25) is 0 Å². The Morgan fingerprint density at radius 3 is 2.68 bits per heavy atom. The van der Waals surface area contributed by atoms with Gasteiger partial charge in [0.2, 0.25) is 0 Å². The average Bonchev–Trinajstić information content (AvgIpc) is 3.16. The van der Waals surface area contributed by atoms with Crippen molar-refractivity contribution in [3.8, 4) is 0 Å². The molecular weight excluding hydrogens is 300 g/mol. The Kier molecular flexibility index (Phi) is 5.28. The Labute approximate surface area is 125 Å². The standard InChI is InChI=1S/C16H25BrN2/c1-4-19(15-6-7-15)16-8-5-14(17)9-13(16)11-18-10-12(2)3/h5,8-9,12,15,18H,4,6-7,10-11H2,1-3H3. The van der Waals surface area contributed by atoms with Crippen LogP contribution in [0.25, 0.3) is 0 Å². The zero-order valence-electron chi connectivity index (χ0n) is 12.2. The predicted molar refractivity (Wildman–Crippen MR) is 86.7 cm³/mol. The zero-order valence-corrected chi connectivity index (χ0v) is 13.8. The van der Waals surface area contributed by atoms with Crippen molar-refractivity contribution in [3.63, 3.8) is 0 Å². The lowest BCUT2D eigenvalue weighted by molar-refractivity contribution is 0.552. The topological polar surface area (TPSA) is 15.3 Å². The van der Waals surface area contributed by atoms with Crippen LogP contribution in [-0.4, -0.2) is 19.1 Å². The Hall–Kier alpha value is -0.540. The van der Waals surface area contributed by atoms with Gasteiger partial charge in [-0.25, -0.2) is 0 Å². The van der Waals surface area contributed by atoms with Crippen LogP contribution in [0, 0.1) is 5.92 Å². The summed E-state index contributed by atoms with van der Waals surface area (Å²) in [4.78, 5) is 2.55. The van der Waals surface area contributed by atoms with E-state index in [1.165, 1.54) is 28.6 Å². The number of hydrogen-bond acceptors (Lipinski definition) is 2. The minimum absolute atomic E-state index is 0.696. The van der Waals surface area contributed by atoms with E-state index in [2.05, 4.69) is 65.1 Å². The van der Waals surface area contributed by atoms with Gasteiger partial charge in [-0.05, 0) is 56.0 Å². The first-order valence-corrected chi connectivity index (χ1v) is 8.17. The second kappa shape index (κ2) is 6.76. The highest BCUT2D eigenvalue weighted by molar-refractivity contribution is 9.10. The van der Waals surface area contributed by atoms with E-state index in [9.17, 15) is 0 Å². The van der Waals surface area contributed by atoms with Crippen molar-refractivity contribution >= 4 is 21.6 Å². The normalized spacial score (nSPS) is 15.0. The van der Waals surface area contributed by atoms with E-state index in [0.717, 1.165) is 25.7 Å². The average molecular weight is 325 g/mol. The molecule has 1 aliphatic carbocycles. The fourth-order valence-corrected chi connectivity index (χ4v) is 2.89. The van der Waals surface area contributed by atoms with Crippen LogP contribution >= 0.6 is 15.9 Å². The summed E-state index contributed by atoms with van der Waals surface area (Å²) in [5, 5.41) is 3.56. The van der Waals surface area contributed by atoms with Crippen molar-refractivity contribution in [2.24, 2.45) is 5.92 Å². The lowest BCUT2D eigenvalue weighted by Gasteiger charge is -2.26. The molecule has 0 spiro atoms. The number of anilines is 1. The second-order valence-electron chi connectivity index (χ2n) is 5.81. The van der Waals surface area contributed by atoms with Crippen LogP contribution in [-0.2, 0) is 6.54 Å². The number of halogens is 1. The quantitative estimate of drug-likeness (QED) is 0.809. The molecule has 106 valence electrons. The molecule has 0 amide bonds. The molecule has 1 fully saturated rings. The largest absolute Gasteiger partial charge is 0.369 e. The van der Waals surface area contributed by atoms with Gasteiger partial charge in [0.1, 0.15) is 0 Å². The summed E-state index contributed by atoms with van der Waals surface area (Å²) in [7, 11) is 0.